The molecule has 0 unspecified atom stereocenters. The molecule has 8 nitrogen and oxygen atoms in total. The molecule has 2 aromatic rings. The second kappa shape index (κ2) is 9.93. The molecular formula is C24H26F4N4O4S. The molecule has 1 saturated carbocycles. The van der Waals surface area contributed by atoms with Crippen LogP contribution in [0.15, 0.2) is 42.5 Å². The predicted octanol–water partition coefficient (Wildman–Crippen LogP) is 3.74. The van der Waals surface area contributed by atoms with Gasteiger partial charge in [-0.15, -0.1) is 0 Å². The van der Waals surface area contributed by atoms with Crippen molar-refractivity contribution in [3.63, 3.8) is 0 Å². The highest BCUT2D eigenvalue weighted by Crippen LogP contribution is 2.49. The van der Waals surface area contributed by atoms with E-state index in [1.807, 2.05) is 0 Å². The van der Waals surface area contributed by atoms with E-state index in [0.717, 1.165) is 30.5 Å². The molecule has 0 bridgehead atoms. The van der Waals surface area contributed by atoms with Gasteiger partial charge in [0, 0.05) is 29.9 Å². The van der Waals surface area contributed by atoms with E-state index >= 15 is 4.39 Å². The van der Waals surface area contributed by atoms with Gasteiger partial charge in [0.25, 0.3) is 0 Å². The fraction of sp³-hybridized carbons (Fsp3) is 0.417. The summed E-state index contributed by atoms with van der Waals surface area (Å²) in [5.41, 5.74) is -0.648. The number of hydrogen-bond donors (Lipinski definition) is 3. The van der Waals surface area contributed by atoms with Gasteiger partial charge in [0.15, 0.2) is 0 Å². The Morgan fingerprint density at radius 3 is 2.38 bits per heavy atom. The molecule has 0 radical (unpaired) electrons. The first-order valence-electron chi connectivity index (χ1n) is 11.6. The van der Waals surface area contributed by atoms with Crippen LogP contribution < -0.4 is 20.3 Å². The van der Waals surface area contributed by atoms with Crippen LogP contribution in [0.4, 0.5) is 33.7 Å². The van der Waals surface area contributed by atoms with Crippen molar-refractivity contribution < 1.29 is 35.6 Å². The van der Waals surface area contributed by atoms with Crippen molar-refractivity contribution in [1.29, 1.82) is 0 Å². The molecule has 2 aliphatic rings. The summed E-state index contributed by atoms with van der Waals surface area (Å²) in [6.07, 6.45) is -1.32. The lowest BCUT2D eigenvalue weighted by Crippen LogP contribution is -2.53. The first kappa shape index (κ1) is 26.9. The number of carbonyl (C=O) groups excluding carboxylic acids is 2. The number of rotatable bonds is 7. The Labute approximate surface area is 211 Å². The number of nitrogens with zero attached hydrogens (tertiary/aromatic N) is 1. The Kier molecular flexibility index (Phi) is 7.21. The van der Waals surface area contributed by atoms with Crippen molar-refractivity contribution in [2.45, 2.75) is 43.3 Å². The molecule has 3 N–H and O–H groups in total. The Balaban J connectivity index is 1.40. The maximum atomic E-state index is 15.1. The number of urea groups is 1. The third-order valence-corrected chi connectivity index (χ3v) is 7.24. The Morgan fingerprint density at radius 2 is 1.81 bits per heavy atom. The van der Waals surface area contributed by atoms with Gasteiger partial charge in [-0.05, 0) is 67.6 Å². The minimum absolute atomic E-state index is 0.0881. The highest BCUT2D eigenvalue weighted by atomic mass is 32.2. The number of sulfonamides is 1. The molecule has 1 saturated heterocycles. The molecule has 37 heavy (non-hydrogen) atoms. The van der Waals surface area contributed by atoms with Crippen LogP contribution >= 0.6 is 0 Å². The SMILES string of the molecule is CS(=O)(=O)NCC1(c2ccc(N3CCC[C@H](NC(=O)Nc4ccc(C(F)(F)F)cc4)C3=O)cc2F)CC1. The summed E-state index contributed by atoms with van der Waals surface area (Å²) >= 11 is 0. The van der Waals surface area contributed by atoms with Crippen LogP contribution in [0.1, 0.15) is 36.8 Å². The molecule has 1 aliphatic carbocycles. The van der Waals surface area contributed by atoms with Crippen molar-refractivity contribution in [3.8, 4) is 0 Å². The van der Waals surface area contributed by atoms with Gasteiger partial charge < -0.3 is 15.5 Å². The van der Waals surface area contributed by atoms with E-state index in [-0.39, 0.29) is 12.2 Å². The second-order valence-electron chi connectivity index (χ2n) is 9.40. The number of amides is 3. The van der Waals surface area contributed by atoms with Crippen LogP contribution in [-0.2, 0) is 26.4 Å². The third kappa shape index (κ3) is 6.39. The minimum atomic E-state index is -4.50. The van der Waals surface area contributed by atoms with Crippen LogP contribution in [0.3, 0.4) is 0 Å². The van der Waals surface area contributed by atoms with E-state index < -0.39 is 51.0 Å². The highest BCUT2D eigenvalue weighted by Gasteiger charge is 2.46. The number of alkyl halides is 3. The number of nitrogens with one attached hydrogen (secondary N) is 3. The third-order valence-electron chi connectivity index (χ3n) is 6.58. The summed E-state index contributed by atoms with van der Waals surface area (Å²) in [6, 6.07) is 6.63. The molecule has 0 spiro atoms. The van der Waals surface area contributed by atoms with Gasteiger partial charge in [0.2, 0.25) is 15.9 Å². The van der Waals surface area contributed by atoms with E-state index in [1.165, 1.54) is 11.0 Å². The zero-order chi connectivity index (χ0) is 27.0. The molecule has 1 heterocycles. The maximum Gasteiger partial charge on any atom is 0.416 e. The van der Waals surface area contributed by atoms with Gasteiger partial charge in [-0.25, -0.2) is 22.3 Å². The van der Waals surface area contributed by atoms with Crippen molar-refractivity contribution in [2.75, 3.05) is 29.6 Å². The molecule has 3 amide bonds. The average molecular weight is 543 g/mol. The number of benzene rings is 2. The number of hydrogen-bond acceptors (Lipinski definition) is 4. The predicted molar refractivity (Wildman–Crippen MR) is 129 cm³/mol. The van der Waals surface area contributed by atoms with Gasteiger partial charge in [0.1, 0.15) is 11.9 Å². The van der Waals surface area contributed by atoms with E-state index in [1.54, 1.807) is 12.1 Å². The Bertz CT molecular complexity index is 1290. The molecular weight excluding hydrogens is 516 g/mol. The number of piperidine rings is 1. The monoisotopic (exact) mass is 542 g/mol. The largest absolute Gasteiger partial charge is 0.416 e. The Hall–Kier alpha value is -3.19. The quantitative estimate of drug-likeness (QED) is 0.464. The molecule has 1 atom stereocenters. The van der Waals surface area contributed by atoms with Crippen LogP contribution in [0, 0.1) is 5.82 Å². The number of anilines is 2. The van der Waals surface area contributed by atoms with Gasteiger partial charge in [-0.2, -0.15) is 13.2 Å². The molecule has 200 valence electrons. The minimum Gasteiger partial charge on any atom is -0.326 e. The van der Waals surface area contributed by atoms with Crippen molar-refractivity contribution in [2.24, 2.45) is 0 Å². The first-order chi connectivity index (χ1) is 17.3. The molecule has 13 heteroatoms. The first-order valence-corrected chi connectivity index (χ1v) is 13.5. The lowest BCUT2D eigenvalue weighted by Gasteiger charge is -2.33. The van der Waals surface area contributed by atoms with Gasteiger partial charge in [-0.3, -0.25) is 4.79 Å². The van der Waals surface area contributed by atoms with E-state index in [9.17, 15) is 31.2 Å². The van der Waals surface area contributed by atoms with Gasteiger partial charge >= 0.3 is 12.2 Å². The van der Waals surface area contributed by atoms with E-state index in [4.69, 9.17) is 0 Å². The normalized spacial score (nSPS) is 19.4. The summed E-state index contributed by atoms with van der Waals surface area (Å²) in [5.74, 6) is -0.992. The zero-order valence-corrected chi connectivity index (χ0v) is 20.7. The fourth-order valence-electron chi connectivity index (χ4n) is 4.40. The lowest BCUT2D eigenvalue weighted by atomic mass is 9.94. The summed E-state index contributed by atoms with van der Waals surface area (Å²) in [7, 11) is -3.42. The van der Waals surface area contributed by atoms with Gasteiger partial charge in [-0.1, -0.05) is 6.07 Å². The Morgan fingerprint density at radius 1 is 1.14 bits per heavy atom. The van der Waals surface area contributed by atoms with Crippen molar-refractivity contribution in [3.05, 3.63) is 59.4 Å². The van der Waals surface area contributed by atoms with E-state index in [2.05, 4.69) is 15.4 Å². The summed E-state index contributed by atoms with van der Waals surface area (Å²) in [6.45, 7) is 0.405. The van der Waals surface area contributed by atoms with Gasteiger partial charge in [0.05, 0.1) is 11.8 Å². The van der Waals surface area contributed by atoms with Crippen LogP contribution in [0.5, 0.6) is 0 Å². The molecule has 0 aromatic heterocycles. The fourth-order valence-corrected chi connectivity index (χ4v) is 4.94. The molecule has 2 fully saturated rings. The maximum absolute atomic E-state index is 15.1. The summed E-state index contributed by atoms with van der Waals surface area (Å²) < 4.78 is 78.5. The highest BCUT2D eigenvalue weighted by molar-refractivity contribution is 7.88. The van der Waals surface area contributed by atoms with Crippen molar-refractivity contribution in [1.82, 2.24) is 10.0 Å². The molecule has 1 aliphatic heterocycles. The summed E-state index contributed by atoms with van der Waals surface area (Å²) in [5, 5.41) is 4.94. The standard InChI is InChI=1S/C24H26F4N4O4S/c1-37(35,36)29-14-23(10-11-23)18-9-8-17(13-19(18)25)32-12-2-3-20(21(32)33)31-22(34)30-16-6-4-15(5-7-16)24(26,27)28/h4-9,13,20,29H,2-3,10-12,14H2,1H3,(H2,30,31,34)/t20-/m0/s1. The molecule has 4 rings (SSSR count). The van der Waals surface area contributed by atoms with Crippen LogP contribution in [0.25, 0.3) is 0 Å². The smallest absolute Gasteiger partial charge is 0.326 e. The van der Waals surface area contributed by atoms with E-state index in [0.29, 0.717) is 43.5 Å². The molecule has 2 aromatic carbocycles. The summed E-state index contributed by atoms with van der Waals surface area (Å²) in [4.78, 5) is 26.8. The lowest BCUT2D eigenvalue weighted by molar-refractivity contribution is -0.137. The average Bonchev–Trinajstić information content (AvgIpc) is 3.59. The number of halogens is 4. The zero-order valence-electron chi connectivity index (χ0n) is 19.9. The second-order valence-corrected chi connectivity index (χ2v) is 11.2. The topological polar surface area (TPSA) is 108 Å². The van der Waals surface area contributed by atoms with Crippen molar-refractivity contribution >= 4 is 33.3 Å². The number of carbonyl (C=O) groups is 2. The van der Waals surface area contributed by atoms with Crippen LogP contribution in [0.2, 0.25) is 0 Å². The van der Waals surface area contributed by atoms with Crippen LogP contribution in [-0.4, -0.2) is 45.7 Å².